The Balaban J connectivity index is 0.000000327. The summed E-state index contributed by atoms with van der Waals surface area (Å²) in [7, 11) is 0. The van der Waals surface area contributed by atoms with Gasteiger partial charge in [0.05, 0.1) is 0 Å². The molecule has 2 aliphatic rings. The standard InChI is InChI=1S/C15H22O.C15H24O.C14H20O.C13H20O.3C12H18O.C9H12O/c1-11-9-12(2)14(16)13(10-11)15(3)7-5-4-6-8-15;1-10-8-11(14(2,3)4)13(16)12(9-10)15(5,6)7;1-10-8-11(2)14(15)13(9-10)12-6-4-3-5-7-12;1-6-10-7-9(2)12(14)11(8-10)13(3,4)5;1-8-6-10(12(3,4)5)11(13)7-9(8)2;2*1-8-6-9(2)11(13)10(7-8)12(3,4)5;1-6-4-7(2)9(10)8(3)5-6/h9-10,16H,4-8H2,1-3H3;8-9,16H,1-7H3;8-9,12,15H,3-7H2,1-2H3;7-8,14H,6H2,1-5H3;3*6-7,13H,1-5H3;4-5,10H,1-3H3. The number of hydrogen-bond donors (Lipinski definition) is 8. The van der Waals surface area contributed by atoms with Crippen LogP contribution in [-0.4, -0.2) is 40.9 Å². The van der Waals surface area contributed by atoms with E-state index in [2.05, 4.69) is 247 Å². The Kier molecular flexibility index (Phi) is 34.7. The molecule has 0 amide bonds. The molecule has 0 spiro atoms. The highest BCUT2D eigenvalue weighted by Gasteiger charge is 2.33. The molecule has 0 atom stereocenters. The molecule has 10 rings (SSSR count). The number of benzene rings is 8. The molecule has 2 fully saturated rings. The Hall–Kier alpha value is -7.84. The van der Waals surface area contributed by atoms with E-state index in [1.165, 1.54) is 120 Å². The summed E-state index contributed by atoms with van der Waals surface area (Å²) >= 11 is 0. The van der Waals surface area contributed by atoms with Crippen LogP contribution >= 0.6 is 0 Å². The molecule has 0 aliphatic heterocycles. The van der Waals surface area contributed by atoms with E-state index < -0.39 is 0 Å². The molecule has 608 valence electrons. The van der Waals surface area contributed by atoms with Gasteiger partial charge in [0.15, 0.2) is 0 Å². The van der Waals surface area contributed by atoms with E-state index in [-0.39, 0.29) is 37.9 Å². The fraction of sp³-hybridized carbons (Fsp3) is 0.529. The lowest BCUT2D eigenvalue weighted by molar-refractivity contribution is 0.307. The van der Waals surface area contributed by atoms with Gasteiger partial charge in [0.2, 0.25) is 0 Å². The van der Waals surface area contributed by atoms with Crippen LogP contribution in [0.4, 0.5) is 0 Å². The van der Waals surface area contributed by atoms with Crippen LogP contribution in [0.1, 0.15) is 342 Å². The quantitative estimate of drug-likeness (QED) is 0.0867. The van der Waals surface area contributed by atoms with Gasteiger partial charge >= 0.3 is 0 Å². The zero-order valence-electron chi connectivity index (χ0n) is 75.7. The van der Waals surface area contributed by atoms with Crippen LogP contribution in [0, 0.1) is 104 Å². The van der Waals surface area contributed by atoms with Crippen LogP contribution in [0.3, 0.4) is 0 Å². The summed E-state index contributed by atoms with van der Waals surface area (Å²) in [5.41, 5.74) is 26.7. The molecule has 110 heavy (non-hydrogen) atoms. The van der Waals surface area contributed by atoms with Gasteiger partial charge in [-0.1, -0.05) is 301 Å². The third kappa shape index (κ3) is 28.4. The van der Waals surface area contributed by atoms with Gasteiger partial charge in [0.25, 0.3) is 0 Å². The fourth-order valence-corrected chi connectivity index (χ4v) is 14.9. The first-order valence-corrected chi connectivity index (χ1v) is 40.6. The minimum atomic E-state index is -0.0178. The first-order valence-electron chi connectivity index (χ1n) is 40.6. The van der Waals surface area contributed by atoms with Crippen molar-refractivity contribution in [3.63, 3.8) is 0 Å². The monoisotopic (exact) mass is 1510 g/mol. The zero-order chi connectivity index (χ0) is 84.6. The normalized spacial score (nSPS) is 13.8. The van der Waals surface area contributed by atoms with Crippen molar-refractivity contribution in [2.75, 3.05) is 0 Å². The van der Waals surface area contributed by atoms with Crippen LogP contribution in [0.5, 0.6) is 46.0 Å². The molecule has 8 nitrogen and oxygen atoms in total. The maximum atomic E-state index is 10.4. The minimum Gasteiger partial charge on any atom is -0.508 e. The van der Waals surface area contributed by atoms with Gasteiger partial charge in [0, 0.05) is 5.56 Å². The smallest absolute Gasteiger partial charge is 0.123 e. The van der Waals surface area contributed by atoms with E-state index in [0.717, 1.165) is 84.3 Å². The summed E-state index contributed by atoms with van der Waals surface area (Å²) in [6, 6.07) is 32.8. The first kappa shape index (κ1) is 96.4. The second-order valence-electron chi connectivity index (χ2n) is 39.0. The Morgan fingerprint density at radius 3 is 0.927 bits per heavy atom. The van der Waals surface area contributed by atoms with Gasteiger partial charge in [-0.15, -0.1) is 0 Å². The lowest BCUT2D eigenvalue weighted by atomic mass is 9.70. The van der Waals surface area contributed by atoms with Crippen molar-refractivity contribution in [1.29, 1.82) is 0 Å². The third-order valence-electron chi connectivity index (χ3n) is 21.6. The molecule has 8 aromatic carbocycles. The van der Waals surface area contributed by atoms with Crippen molar-refractivity contribution in [3.8, 4) is 46.0 Å². The molecule has 8 N–H and O–H groups in total. The van der Waals surface area contributed by atoms with E-state index in [9.17, 15) is 40.9 Å². The second kappa shape index (κ2) is 39.6. The van der Waals surface area contributed by atoms with Crippen LogP contribution in [0.25, 0.3) is 0 Å². The predicted octanol–water partition coefficient (Wildman–Crippen LogP) is 28.4. The maximum Gasteiger partial charge on any atom is 0.123 e. The largest absolute Gasteiger partial charge is 0.508 e. The van der Waals surface area contributed by atoms with Crippen molar-refractivity contribution < 1.29 is 40.9 Å². The van der Waals surface area contributed by atoms with E-state index in [4.69, 9.17) is 0 Å². The van der Waals surface area contributed by atoms with Crippen molar-refractivity contribution >= 4 is 0 Å². The summed E-state index contributed by atoms with van der Waals surface area (Å²) < 4.78 is 0. The molecule has 0 bridgehead atoms. The van der Waals surface area contributed by atoms with Crippen molar-refractivity contribution in [1.82, 2.24) is 0 Å². The lowest BCUT2D eigenvalue weighted by Gasteiger charge is -2.35. The highest BCUT2D eigenvalue weighted by atomic mass is 16.3. The number of phenols is 8. The van der Waals surface area contributed by atoms with Crippen LogP contribution < -0.4 is 0 Å². The van der Waals surface area contributed by atoms with E-state index in [0.29, 0.717) is 51.9 Å². The average molecular weight is 1510 g/mol. The summed E-state index contributed by atoms with van der Waals surface area (Å²) in [6.45, 7) is 72.8. The lowest BCUT2D eigenvalue weighted by Crippen LogP contribution is -2.25. The molecular weight excluding hydrogens is 1350 g/mol. The molecular formula is C102H152O8. The highest BCUT2D eigenvalue weighted by Crippen LogP contribution is 2.46. The molecule has 0 radical (unpaired) electrons. The topological polar surface area (TPSA) is 162 Å². The number of aromatic hydroxyl groups is 8. The van der Waals surface area contributed by atoms with Crippen molar-refractivity contribution in [2.24, 2.45) is 0 Å². The molecule has 0 unspecified atom stereocenters. The average Bonchev–Trinajstić information content (AvgIpc) is 0.782. The highest BCUT2D eigenvalue weighted by molar-refractivity contribution is 5.53. The Morgan fingerprint density at radius 1 is 0.273 bits per heavy atom. The molecule has 8 aromatic rings. The van der Waals surface area contributed by atoms with Gasteiger partial charge in [-0.2, -0.15) is 0 Å². The third-order valence-corrected chi connectivity index (χ3v) is 21.6. The molecule has 2 aliphatic carbocycles. The summed E-state index contributed by atoms with van der Waals surface area (Å²) in [5.74, 6) is 4.29. The zero-order valence-corrected chi connectivity index (χ0v) is 75.7. The predicted molar refractivity (Wildman–Crippen MR) is 474 cm³/mol. The summed E-state index contributed by atoms with van der Waals surface area (Å²) in [6.07, 6.45) is 13.9. The van der Waals surface area contributed by atoms with Crippen molar-refractivity contribution in [2.45, 2.75) is 357 Å². The Bertz CT molecular complexity index is 4200. The second-order valence-corrected chi connectivity index (χ2v) is 39.0. The molecule has 0 heterocycles. The number of phenolic OH excluding ortho intramolecular Hbond substituents is 8. The van der Waals surface area contributed by atoms with Crippen LogP contribution in [-0.2, 0) is 44.3 Å². The Labute approximate surface area is 670 Å². The SMILES string of the molecule is CCc1cc(C)c(O)c(C(C)(C)C)c1.Cc1cc(C(C)(C)C)c(O)c(C(C)(C)C)c1.Cc1cc(C)c(O)c(C(C)(C)C)c1.Cc1cc(C)c(O)c(C(C)(C)C)c1.Cc1cc(C)c(O)c(C)c1.Cc1cc(C)c(O)c(C2(C)CCCCC2)c1.Cc1cc(C)c(O)c(C2CCCCC2)c1.Cc1cc(O)c(C(C)(C)C)cc1C. The van der Waals surface area contributed by atoms with E-state index in [1.54, 1.807) is 0 Å². The summed E-state index contributed by atoms with van der Waals surface area (Å²) in [4.78, 5) is 0. The number of rotatable bonds is 3. The Morgan fingerprint density at radius 2 is 0.555 bits per heavy atom. The first-order chi connectivity index (χ1) is 50.2. The molecule has 8 heteroatoms. The van der Waals surface area contributed by atoms with Gasteiger partial charge in [0.1, 0.15) is 46.0 Å². The van der Waals surface area contributed by atoms with Crippen molar-refractivity contribution in [3.05, 3.63) is 231 Å². The number of hydrogen-bond acceptors (Lipinski definition) is 8. The fourth-order valence-electron chi connectivity index (χ4n) is 14.9. The molecule has 0 aromatic heterocycles. The molecule has 2 saturated carbocycles. The van der Waals surface area contributed by atoms with Gasteiger partial charge < -0.3 is 40.9 Å². The summed E-state index contributed by atoms with van der Waals surface area (Å²) in [5, 5.41) is 79.4. The van der Waals surface area contributed by atoms with Gasteiger partial charge in [-0.25, -0.2) is 0 Å². The minimum absolute atomic E-state index is 0.0139. The molecule has 0 saturated heterocycles. The maximum absolute atomic E-state index is 10.4. The van der Waals surface area contributed by atoms with E-state index >= 15 is 0 Å². The van der Waals surface area contributed by atoms with Crippen LogP contribution in [0.15, 0.2) is 97.1 Å². The number of aryl methyl sites for hydroxylation is 16. The van der Waals surface area contributed by atoms with Gasteiger partial charge in [-0.3, -0.25) is 0 Å². The van der Waals surface area contributed by atoms with Crippen LogP contribution in [0.2, 0.25) is 0 Å². The van der Waals surface area contributed by atoms with E-state index in [1.807, 2.05) is 92.6 Å². The van der Waals surface area contributed by atoms with Gasteiger partial charge in [-0.05, 0) is 280 Å².